The lowest BCUT2D eigenvalue weighted by atomic mass is 9.91. The van der Waals surface area contributed by atoms with E-state index in [0.717, 1.165) is 5.56 Å². The van der Waals surface area contributed by atoms with E-state index in [0.29, 0.717) is 18.5 Å². The van der Waals surface area contributed by atoms with Crippen molar-refractivity contribution in [1.29, 1.82) is 0 Å². The zero-order chi connectivity index (χ0) is 15.1. The van der Waals surface area contributed by atoms with Gasteiger partial charge >= 0.3 is 0 Å². The summed E-state index contributed by atoms with van der Waals surface area (Å²) in [7, 11) is 0. The molecule has 1 saturated heterocycles. The highest BCUT2D eigenvalue weighted by atomic mass is 16.3. The fourth-order valence-corrected chi connectivity index (χ4v) is 3.28. The summed E-state index contributed by atoms with van der Waals surface area (Å²) in [6.45, 7) is 8.82. The van der Waals surface area contributed by atoms with Gasteiger partial charge in [-0.1, -0.05) is 37.3 Å². The summed E-state index contributed by atoms with van der Waals surface area (Å²) < 4.78 is 0. The number of likely N-dealkylation sites (tertiary alicyclic amines) is 1. The van der Waals surface area contributed by atoms with E-state index in [1.165, 1.54) is 38.9 Å². The highest BCUT2D eigenvalue weighted by Gasteiger charge is 2.24. The molecule has 1 heterocycles. The number of nitrogens with zero attached hydrogens (tertiary/aromatic N) is 1. The summed E-state index contributed by atoms with van der Waals surface area (Å²) in [5.41, 5.74) is 0.994. The van der Waals surface area contributed by atoms with E-state index >= 15 is 0 Å². The van der Waals surface area contributed by atoms with Gasteiger partial charge in [-0.15, -0.1) is 0 Å². The molecule has 0 spiro atoms. The number of benzene rings is 1. The summed E-state index contributed by atoms with van der Waals surface area (Å²) >= 11 is 0. The standard InChI is InChI=1S/C18H30N2O/c1-3-11-20-12-7-10-17(14-20)15(2)19-13-18(21)16-8-5-4-6-9-16/h4-6,8-9,15,17-19,21H,3,7,10-14H2,1-2H3. The van der Waals surface area contributed by atoms with Crippen molar-refractivity contribution in [3.8, 4) is 0 Å². The molecule has 21 heavy (non-hydrogen) atoms. The summed E-state index contributed by atoms with van der Waals surface area (Å²) in [4.78, 5) is 2.58. The fraction of sp³-hybridized carbons (Fsp3) is 0.667. The lowest BCUT2D eigenvalue weighted by Gasteiger charge is -2.36. The van der Waals surface area contributed by atoms with Crippen molar-refractivity contribution < 1.29 is 5.11 Å². The van der Waals surface area contributed by atoms with Crippen LogP contribution in [0.1, 0.15) is 44.8 Å². The molecule has 0 bridgehead atoms. The average Bonchev–Trinajstić information content (AvgIpc) is 2.53. The smallest absolute Gasteiger partial charge is 0.0914 e. The Morgan fingerprint density at radius 3 is 2.81 bits per heavy atom. The van der Waals surface area contributed by atoms with E-state index in [1.807, 2.05) is 30.3 Å². The Morgan fingerprint density at radius 2 is 2.10 bits per heavy atom. The topological polar surface area (TPSA) is 35.5 Å². The molecule has 3 atom stereocenters. The number of aliphatic hydroxyl groups is 1. The van der Waals surface area contributed by atoms with Crippen LogP contribution < -0.4 is 5.32 Å². The summed E-state index contributed by atoms with van der Waals surface area (Å²) in [6.07, 6.45) is 3.43. The third-order valence-electron chi connectivity index (χ3n) is 4.61. The third-order valence-corrected chi connectivity index (χ3v) is 4.61. The van der Waals surface area contributed by atoms with Crippen molar-refractivity contribution in [2.75, 3.05) is 26.2 Å². The number of nitrogens with one attached hydrogen (secondary N) is 1. The van der Waals surface area contributed by atoms with Crippen LogP contribution in [0.2, 0.25) is 0 Å². The van der Waals surface area contributed by atoms with Crippen LogP contribution in [0.15, 0.2) is 30.3 Å². The average molecular weight is 290 g/mol. The van der Waals surface area contributed by atoms with Crippen LogP contribution in [0, 0.1) is 5.92 Å². The predicted octanol–water partition coefficient (Wildman–Crippen LogP) is 2.82. The first-order valence-electron chi connectivity index (χ1n) is 8.39. The lowest BCUT2D eigenvalue weighted by molar-refractivity contribution is 0.132. The van der Waals surface area contributed by atoms with Gasteiger partial charge < -0.3 is 15.3 Å². The molecule has 0 saturated carbocycles. The van der Waals surface area contributed by atoms with E-state index in [2.05, 4.69) is 24.1 Å². The molecule has 1 aliphatic rings. The maximum absolute atomic E-state index is 10.2. The molecule has 118 valence electrons. The molecular formula is C18H30N2O. The molecule has 3 heteroatoms. The molecule has 2 N–H and O–H groups in total. The number of hydrogen-bond acceptors (Lipinski definition) is 3. The van der Waals surface area contributed by atoms with Gasteiger partial charge in [0, 0.05) is 19.1 Å². The van der Waals surface area contributed by atoms with E-state index < -0.39 is 6.10 Å². The molecule has 1 aromatic carbocycles. The van der Waals surface area contributed by atoms with Crippen molar-refractivity contribution in [2.45, 2.75) is 45.3 Å². The van der Waals surface area contributed by atoms with Gasteiger partial charge in [-0.25, -0.2) is 0 Å². The van der Waals surface area contributed by atoms with Crippen LogP contribution >= 0.6 is 0 Å². The van der Waals surface area contributed by atoms with Crippen molar-refractivity contribution in [3.05, 3.63) is 35.9 Å². The SMILES string of the molecule is CCCN1CCCC(C(C)NCC(O)c2ccccc2)C1. The van der Waals surface area contributed by atoms with Crippen LogP contribution in [-0.2, 0) is 0 Å². The van der Waals surface area contributed by atoms with Crippen LogP contribution in [0.3, 0.4) is 0 Å². The molecule has 3 unspecified atom stereocenters. The Kier molecular flexibility index (Phi) is 6.68. The Labute approximate surface area is 129 Å². The first-order valence-corrected chi connectivity index (χ1v) is 8.39. The Hall–Kier alpha value is -0.900. The van der Waals surface area contributed by atoms with E-state index in [1.54, 1.807) is 0 Å². The van der Waals surface area contributed by atoms with Crippen molar-refractivity contribution in [1.82, 2.24) is 10.2 Å². The molecule has 1 aromatic rings. The molecular weight excluding hydrogens is 260 g/mol. The van der Waals surface area contributed by atoms with Gasteiger partial charge in [-0.2, -0.15) is 0 Å². The summed E-state index contributed by atoms with van der Waals surface area (Å²) in [5.74, 6) is 0.702. The first-order chi connectivity index (χ1) is 10.2. The minimum atomic E-state index is -0.413. The highest BCUT2D eigenvalue weighted by molar-refractivity contribution is 5.17. The number of aliphatic hydroxyl groups excluding tert-OH is 1. The highest BCUT2D eigenvalue weighted by Crippen LogP contribution is 2.20. The fourth-order valence-electron chi connectivity index (χ4n) is 3.28. The molecule has 0 aromatic heterocycles. The van der Waals surface area contributed by atoms with Crippen LogP contribution in [-0.4, -0.2) is 42.2 Å². The van der Waals surface area contributed by atoms with Gasteiger partial charge in [0.15, 0.2) is 0 Å². The Bertz CT molecular complexity index is 393. The maximum Gasteiger partial charge on any atom is 0.0914 e. The van der Waals surface area contributed by atoms with Crippen molar-refractivity contribution in [2.24, 2.45) is 5.92 Å². The van der Waals surface area contributed by atoms with Crippen molar-refractivity contribution in [3.63, 3.8) is 0 Å². The van der Waals surface area contributed by atoms with Gasteiger partial charge in [0.2, 0.25) is 0 Å². The van der Waals surface area contributed by atoms with Crippen LogP contribution in [0.4, 0.5) is 0 Å². The molecule has 0 amide bonds. The molecule has 3 nitrogen and oxygen atoms in total. The number of rotatable bonds is 7. The first kappa shape index (κ1) is 16.5. The van der Waals surface area contributed by atoms with Gasteiger partial charge in [0.25, 0.3) is 0 Å². The minimum absolute atomic E-state index is 0.413. The van der Waals surface area contributed by atoms with Gasteiger partial charge in [0.1, 0.15) is 0 Å². The molecule has 2 rings (SSSR count). The van der Waals surface area contributed by atoms with Crippen molar-refractivity contribution >= 4 is 0 Å². The molecule has 0 aliphatic carbocycles. The van der Waals surface area contributed by atoms with Gasteiger partial charge in [-0.05, 0) is 50.8 Å². The van der Waals surface area contributed by atoms with Crippen LogP contribution in [0.25, 0.3) is 0 Å². The second kappa shape index (κ2) is 8.52. The van der Waals surface area contributed by atoms with E-state index in [4.69, 9.17) is 0 Å². The summed E-state index contributed by atoms with van der Waals surface area (Å²) in [5, 5.41) is 13.8. The second-order valence-corrected chi connectivity index (χ2v) is 6.33. The maximum atomic E-state index is 10.2. The second-order valence-electron chi connectivity index (χ2n) is 6.33. The van der Waals surface area contributed by atoms with Gasteiger partial charge in [-0.3, -0.25) is 0 Å². The Morgan fingerprint density at radius 1 is 1.33 bits per heavy atom. The quantitative estimate of drug-likeness (QED) is 0.810. The molecule has 1 aliphatic heterocycles. The minimum Gasteiger partial charge on any atom is -0.387 e. The Balaban J connectivity index is 1.77. The zero-order valence-corrected chi connectivity index (χ0v) is 13.5. The van der Waals surface area contributed by atoms with Gasteiger partial charge in [0.05, 0.1) is 6.10 Å². The van der Waals surface area contributed by atoms with E-state index in [-0.39, 0.29) is 0 Å². The molecule has 1 fully saturated rings. The van der Waals surface area contributed by atoms with Crippen LogP contribution in [0.5, 0.6) is 0 Å². The number of piperidine rings is 1. The van der Waals surface area contributed by atoms with E-state index in [9.17, 15) is 5.11 Å². The summed E-state index contributed by atoms with van der Waals surface area (Å²) in [6, 6.07) is 10.4. The number of hydrogen-bond donors (Lipinski definition) is 2. The predicted molar refractivity (Wildman–Crippen MR) is 88.3 cm³/mol. The largest absolute Gasteiger partial charge is 0.387 e. The molecule has 0 radical (unpaired) electrons. The monoisotopic (exact) mass is 290 g/mol. The third kappa shape index (κ3) is 5.10. The zero-order valence-electron chi connectivity index (χ0n) is 13.5. The normalized spacial score (nSPS) is 22.9. The lowest BCUT2D eigenvalue weighted by Crippen LogP contribution is -2.45.